The molecule has 4 heteroatoms. The molecule has 0 atom stereocenters. The molecule has 1 heterocycles. The number of nitrogens with one attached hydrogen (secondary N) is 1. The number of halogens is 1. The molecular weight excluding hydrogens is 183 g/mol. The Balaban J connectivity index is 2.23. The van der Waals surface area contributed by atoms with E-state index in [1.165, 1.54) is 12.3 Å². The number of benzene rings is 1. The second-order valence-corrected chi connectivity index (χ2v) is 2.98. The predicted molar refractivity (Wildman–Crippen MR) is 49.5 cm³/mol. The highest BCUT2D eigenvalue weighted by Crippen LogP contribution is 2.12. The molecule has 14 heavy (non-hydrogen) atoms. The normalized spacial score (nSPS) is 10.4. The zero-order valence-corrected chi connectivity index (χ0v) is 7.37. The van der Waals surface area contributed by atoms with Crippen LogP contribution >= 0.6 is 0 Å². The molecule has 2 aromatic rings. The molecular formula is C10H9FN2O. The number of hydrogen-bond acceptors (Lipinski definition) is 2. The number of hydrogen-bond donors (Lipinski definition) is 2. The average molecular weight is 192 g/mol. The van der Waals surface area contributed by atoms with Gasteiger partial charge in [-0.15, -0.1) is 0 Å². The highest BCUT2D eigenvalue weighted by Gasteiger charge is 2.04. The van der Waals surface area contributed by atoms with Crippen molar-refractivity contribution in [3.05, 3.63) is 47.7 Å². The maximum atomic E-state index is 13.2. The minimum absolute atomic E-state index is 0.00339. The molecule has 0 bridgehead atoms. The van der Waals surface area contributed by atoms with Gasteiger partial charge in [0.05, 0.1) is 6.20 Å². The van der Waals surface area contributed by atoms with Crippen LogP contribution in [0.5, 0.6) is 5.88 Å². The van der Waals surface area contributed by atoms with Crippen LogP contribution in [0, 0.1) is 5.82 Å². The van der Waals surface area contributed by atoms with Gasteiger partial charge in [-0.2, -0.15) is 0 Å². The Morgan fingerprint density at radius 3 is 2.79 bits per heavy atom. The van der Waals surface area contributed by atoms with Crippen LogP contribution in [-0.4, -0.2) is 15.1 Å². The Labute approximate surface area is 80.2 Å². The summed E-state index contributed by atoms with van der Waals surface area (Å²) < 4.78 is 13.2. The highest BCUT2D eigenvalue weighted by atomic mass is 19.1. The molecule has 0 aliphatic rings. The Hall–Kier alpha value is -1.84. The van der Waals surface area contributed by atoms with Gasteiger partial charge in [0, 0.05) is 6.42 Å². The standard InChI is InChI=1S/C10H9FN2O/c11-8-4-2-1-3-7(8)5-9-12-6-10(14)13-9/h1-4,6,14H,5H2,(H,12,13). The van der Waals surface area contributed by atoms with Crippen LogP contribution in [0.25, 0.3) is 0 Å². The molecule has 2 N–H and O–H groups in total. The quantitative estimate of drug-likeness (QED) is 0.762. The number of H-pyrrole nitrogens is 1. The van der Waals surface area contributed by atoms with Gasteiger partial charge < -0.3 is 10.1 Å². The van der Waals surface area contributed by atoms with Gasteiger partial charge in [-0.1, -0.05) is 18.2 Å². The molecule has 0 fully saturated rings. The van der Waals surface area contributed by atoms with Crippen LogP contribution in [0.4, 0.5) is 4.39 Å². The third kappa shape index (κ3) is 1.74. The van der Waals surface area contributed by atoms with E-state index in [9.17, 15) is 4.39 Å². The Kier molecular flexibility index (Phi) is 2.18. The van der Waals surface area contributed by atoms with Crippen molar-refractivity contribution >= 4 is 0 Å². The lowest BCUT2D eigenvalue weighted by molar-refractivity contribution is 0.455. The van der Waals surface area contributed by atoms with Crippen molar-refractivity contribution in [2.45, 2.75) is 6.42 Å². The minimum Gasteiger partial charge on any atom is -0.493 e. The van der Waals surface area contributed by atoms with Crippen molar-refractivity contribution in [1.82, 2.24) is 9.97 Å². The van der Waals surface area contributed by atoms with Crippen molar-refractivity contribution in [2.24, 2.45) is 0 Å². The van der Waals surface area contributed by atoms with Gasteiger partial charge in [0.2, 0.25) is 5.88 Å². The predicted octanol–water partition coefficient (Wildman–Crippen LogP) is 1.85. The zero-order valence-electron chi connectivity index (χ0n) is 7.37. The molecule has 2 rings (SSSR count). The fourth-order valence-electron chi connectivity index (χ4n) is 1.26. The van der Waals surface area contributed by atoms with Crippen molar-refractivity contribution < 1.29 is 9.50 Å². The summed E-state index contributed by atoms with van der Waals surface area (Å²) in [4.78, 5) is 6.51. The number of nitrogens with zero attached hydrogens (tertiary/aromatic N) is 1. The molecule has 72 valence electrons. The number of aromatic nitrogens is 2. The van der Waals surface area contributed by atoms with E-state index in [0.29, 0.717) is 17.8 Å². The summed E-state index contributed by atoms with van der Waals surface area (Å²) in [6.07, 6.45) is 1.66. The summed E-state index contributed by atoms with van der Waals surface area (Å²) in [6, 6.07) is 6.49. The molecule has 0 spiro atoms. The van der Waals surface area contributed by atoms with E-state index in [4.69, 9.17) is 5.11 Å². The number of aromatic amines is 1. The van der Waals surface area contributed by atoms with Crippen LogP contribution < -0.4 is 0 Å². The second-order valence-electron chi connectivity index (χ2n) is 2.98. The van der Waals surface area contributed by atoms with Crippen molar-refractivity contribution in [3.8, 4) is 5.88 Å². The first-order chi connectivity index (χ1) is 6.75. The molecule has 0 unspecified atom stereocenters. The number of imidazole rings is 1. The van der Waals surface area contributed by atoms with Gasteiger partial charge in [0.15, 0.2) is 0 Å². The summed E-state index contributed by atoms with van der Waals surface area (Å²) in [7, 11) is 0. The van der Waals surface area contributed by atoms with Gasteiger partial charge in [0.25, 0.3) is 0 Å². The van der Waals surface area contributed by atoms with Gasteiger partial charge in [-0.25, -0.2) is 9.37 Å². The van der Waals surface area contributed by atoms with Crippen molar-refractivity contribution in [2.75, 3.05) is 0 Å². The third-order valence-corrected chi connectivity index (χ3v) is 1.93. The first kappa shape index (κ1) is 8.74. The van der Waals surface area contributed by atoms with Crippen LogP contribution in [0.1, 0.15) is 11.4 Å². The number of rotatable bonds is 2. The van der Waals surface area contributed by atoms with Gasteiger partial charge in [-0.3, -0.25) is 0 Å². The molecule has 0 aliphatic carbocycles. The molecule has 1 aromatic heterocycles. The summed E-state index contributed by atoms with van der Waals surface area (Å²) in [5.74, 6) is 0.285. The molecule has 0 saturated carbocycles. The maximum Gasteiger partial charge on any atom is 0.208 e. The van der Waals surface area contributed by atoms with E-state index in [2.05, 4.69) is 9.97 Å². The molecule has 0 saturated heterocycles. The summed E-state index contributed by atoms with van der Waals surface area (Å²) >= 11 is 0. The summed E-state index contributed by atoms with van der Waals surface area (Å²) in [5.41, 5.74) is 0.557. The van der Waals surface area contributed by atoms with Gasteiger partial charge in [-0.05, 0) is 11.6 Å². The first-order valence-corrected chi connectivity index (χ1v) is 4.22. The first-order valence-electron chi connectivity index (χ1n) is 4.22. The molecule has 0 radical (unpaired) electrons. The van der Waals surface area contributed by atoms with E-state index in [-0.39, 0.29) is 11.7 Å². The number of aromatic hydroxyl groups is 1. The van der Waals surface area contributed by atoms with Crippen molar-refractivity contribution in [1.29, 1.82) is 0 Å². The minimum atomic E-state index is -0.261. The van der Waals surface area contributed by atoms with Gasteiger partial charge >= 0.3 is 0 Å². The Morgan fingerprint density at radius 1 is 1.36 bits per heavy atom. The largest absolute Gasteiger partial charge is 0.493 e. The summed E-state index contributed by atoms with van der Waals surface area (Å²) in [6.45, 7) is 0. The van der Waals surface area contributed by atoms with Crippen LogP contribution in [0.3, 0.4) is 0 Å². The van der Waals surface area contributed by atoms with E-state index in [1.807, 2.05) is 0 Å². The average Bonchev–Trinajstić information content (AvgIpc) is 2.56. The van der Waals surface area contributed by atoms with Crippen LogP contribution in [-0.2, 0) is 6.42 Å². The van der Waals surface area contributed by atoms with E-state index in [0.717, 1.165) is 0 Å². The van der Waals surface area contributed by atoms with Gasteiger partial charge in [0.1, 0.15) is 11.6 Å². The molecule has 1 aromatic carbocycles. The van der Waals surface area contributed by atoms with E-state index in [1.54, 1.807) is 18.2 Å². The molecule has 3 nitrogen and oxygen atoms in total. The maximum absolute atomic E-state index is 13.2. The lowest BCUT2D eigenvalue weighted by Gasteiger charge is -1.99. The zero-order chi connectivity index (χ0) is 9.97. The monoisotopic (exact) mass is 192 g/mol. The van der Waals surface area contributed by atoms with Crippen molar-refractivity contribution in [3.63, 3.8) is 0 Å². The fraction of sp³-hybridized carbons (Fsp3) is 0.100. The smallest absolute Gasteiger partial charge is 0.208 e. The Morgan fingerprint density at radius 2 is 2.14 bits per heavy atom. The molecule has 0 amide bonds. The van der Waals surface area contributed by atoms with E-state index < -0.39 is 0 Å². The Bertz CT molecular complexity index is 439. The lowest BCUT2D eigenvalue weighted by Crippen LogP contribution is -1.93. The second kappa shape index (κ2) is 3.49. The molecule has 0 aliphatic heterocycles. The topological polar surface area (TPSA) is 48.9 Å². The van der Waals surface area contributed by atoms with Crippen LogP contribution in [0.15, 0.2) is 30.5 Å². The highest BCUT2D eigenvalue weighted by molar-refractivity contribution is 5.22. The SMILES string of the molecule is Oc1cnc(Cc2ccccc2F)[nH]1. The fourth-order valence-corrected chi connectivity index (χ4v) is 1.26. The van der Waals surface area contributed by atoms with Crippen LogP contribution in [0.2, 0.25) is 0 Å². The lowest BCUT2D eigenvalue weighted by atomic mass is 10.1. The third-order valence-electron chi connectivity index (χ3n) is 1.93. The summed E-state index contributed by atoms with van der Waals surface area (Å²) in [5, 5.41) is 8.99. The van der Waals surface area contributed by atoms with E-state index >= 15 is 0 Å².